The third kappa shape index (κ3) is 10.1. The van der Waals surface area contributed by atoms with Gasteiger partial charge in [0.1, 0.15) is 5.75 Å². The minimum Gasteiger partial charge on any atom is -0.355 e. The summed E-state index contributed by atoms with van der Waals surface area (Å²) in [5, 5.41) is 6.06. The fourth-order valence-corrected chi connectivity index (χ4v) is 3.77. The highest BCUT2D eigenvalue weighted by molar-refractivity contribution is 7.92. The Morgan fingerprint density at radius 1 is 1.33 bits per heavy atom. The van der Waals surface area contributed by atoms with Crippen LogP contribution in [0.25, 0.3) is 0 Å². The average Bonchev–Trinajstić information content (AvgIpc) is 2.39. The van der Waals surface area contributed by atoms with E-state index in [1.54, 1.807) is 0 Å². The Kier molecular flexibility index (Phi) is 11.1. The molecule has 21 heavy (non-hydrogen) atoms. The molecule has 0 aromatic heterocycles. The van der Waals surface area contributed by atoms with Crippen LogP contribution in [0.1, 0.15) is 45.4 Å². The molecule has 0 aliphatic carbocycles. The molecule has 1 fully saturated rings. The van der Waals surface area contributed by atoms with E-state index in [2.05, 4.69) is 10.6 Å². The Balaban J connectivity index is 0.00000400. The molecule has 0 aromatic carbocycles. The van der Waals surface area contributed by atoms with E-state index < -0.39 is 9.84 Å². The van der Waals surface area contributed by atoms with Gasteiger partial charge in [-0.05, 0) is 44.7 Å². The SMILES string of the molecule is CCCCCS(=O)(=O)CC(=O)NCCC1CCCNC1.Cl. The van der Waals surface area contributed by atoms with Gasteiger partial charge in [0, 0.05) is 6.54 Å². The molecule has 1 amide bonds. The van der Waals surface area contributed by atoms with Crippen molar-refractivity contribution in [1.29, 1.82) is 0 Å². The van der Waals surface area contributed by atoms with Gasteiger partial charge < -0.3 is 10.6 Å². The van der Waals surface area contributed by atoms with E-state index in [1.807, 2.05) is 6.92 Å². The second-order valence-corrected chi connectivity index (χ2v) is 7.83. The minimum absolute atomic E-state index is 0. The van der Waals surface area contributed by atoms with Gasteiger partial charge in [0.25, 0.3) is 0 Å². The molecule has 126 valence electrons. The lowest BCUT2D eigenvalue weighted by molar-refractivity contribution is -0.118. The molecular weight excluding hydrogens is 312 g/mol. The molecule has 1 aliphatic heterocycles. The van der Waals surface area contributed by atoms with Crippen molar-refractivity contribution in [3.8, 4) is 0 Å². The van der Waals surface area contributed by atoms with E-state index in [1.165, 1.54) is 12.8 Å². The van der Waals surface area contributed by atoms with Gasteiger partial charge in [-0.15, -0.1) is 12.4 Å². The Labute approximate surface area is 135 Å². The van der Waals surface area contributed by atoms with E-state index >= 15 is 0 Å². The molecule has 0 radical (unpaired) electrons. The molecule has 1 saturated heterocycles. The molecule has 0 bridgehead atoms. The summed E-state index contributed by atoms with van der Waals surface area (Å²) in [6, 6.07) is 0. The summed E-state index contributed by atoms with van der Waals surface area (Å²) in [6.07, 6.45) is 5.84. The molecule has 5 nitrogen and oxygen atoms in total. The van der Waals surface area contributed by atoms with Crippen molar-refractivity contribution >= 4 is 28.2 Å². The number of nitrogens with one attached hydrogen (secondary N) is 2. The quantitative estimate of drug-likeness (QED) is 0.624. The van der Waals surface area contributed by atoms with Gasteiger partial charge in [-0.2, -0.15) is 0 Å². The largest absolute Gasteiger partial charge is 0.355 e. The summed E-state index contributed by atoms with van der Waals surface area (Å²) < 4.78 is 23.4. The molecule has 1 atom stereocenters. The highest BCUT2D eigenvalue weighted by Gasteiger charge is 2.17. The molecule has 7 heteroatoms. The Morgan fingerprint density at radius 2 is 2.10 bits per heavy atom. The van der Waals surface area contributed by atoms with E-state index in [9.17, 15) is 13.2 Å². The van der Waals surface area contributed by atoms with Crippen LogP contribution < -0.4 is 10.6 Å². The highest BCUT2D eigenvalue weighted by atomic mass is 35.5. The van der Waals surface area contributed by atoms with Crippen LogP contribution in [0.3, 0.4) is 0 Å². The molecule has 0 aromatic rings. The first-order chi connectivity index (χ1) is 9.53. The van der Waals surface area contributed by atoms with Crippen molar-refractivity contribution in [2.24, 2.45) is 5.92 Å². The number of hydrogen-bond donors (Lipinski definition) is 2. The fraction of sp³-hybridized carbons (Fsp3) is 0.929. The number of sulfone groups is 1. The van der Waals surface area contributed by atoms with Crippen molar-refractivity contribution in [3.63, 3.8) is 0 Å². The first-order valence-corrected chi connectivity index (χ1v) is 9.53. The molecule has 2 N–H and O–H groups in total. The van der Waals surface area contributed by atoms with Crippen LogP contribution in [0.15, 0.2) is 0 Å². The van der Waals surface area contributed by atoms with Crippen LogP contribution in [0.2, 0.25) is 0 Å². The van der Waals surface area contributed by atoms with Crippen molar-refractivity contribution in [1.82, 2.24) is 10.6 Å². The van der Waals surface area contributed by atoms with Gasteiger partial charge in [0.15, 0.2) is 9.84 Å². The standard InChI is InChI=1S/C14H28N2O3S.ClH/c1-2-3-4-10-20(18,19)12-14(17)16-9-7-13-6-5-8-15-11-13;/h13,15H,2-12H2,1H3,(H,16,17);1H. The molecule has 1 aliphatic rings. The van der Waals surface area contributed by atoms with Crippen LogP contribution in [0, 0.1) is 5.92 Å². The van der Waals surface area contributed by atoms with E-state index in [4.69, 9.17) is 0 Å². The first-order valence-electron chi connectivity index (χ1n) is 7.71. The lowest BCUT2D eigenvalue weighted by Gasteiger charge is -2.22. The molecule has 1 unspecified atom stereocenters. The van der Waals surface area contributed by atoms with Gasteiger partial charge in [-0.1, -0.05) is 19.8 Å². The average molecular weight is 341 g/mol. The predicted octanol–water partition coefficient (Wildman–Crippen LogP) is 1.52. The summed E-state index contributed by atoms with van der Waals surface area (Å²) in [5.74, 6) is 0.0101. The second-order valence-electron chi connectivity index (χ2n) is 5.65. The summed E-state index contributed by atoms with van der Waals surface area (Å²) in [4.78, 5) is 11.6. The Bertz CT molecular complexity index is 382. The zero-order chi connectivity index (χ0) is 14.8. The maximum Gasteiger partial charge on any atom is 0.235 e. The van der Waals surface area contributed by atoms with Crippen LogP contribution >= 0.6 is 12.4 Å². The normalized spacial score (nSPS) is 18.8. The van der Waals surface area contributed by atoms with Gasteiger partial charge >= 0.3 is 0 Å². The Morgan fingerprint density at radius 3 is 2.71 bits per heavy atom. The maximum atomic E-state index is 11.7. The maximum absolute atomic E-state index is 11.7. The van der Waals surface area contributed by atoms with Crippen molar-refractivity contribution in [2.45, 2.75) is 45.4 Å². The van der Waals surface area contributed by atoms with Gasteiger partial charge in [-0.3, -0.25) is 4.79 Å². The summed E-state index contributed by atoms with van der Waals surface area (Å²) in [6.45, 7) is 4.69. The third-order valence-corrected chi connectivity index (χ3v) is 5.30. The number of hydrogen-bond acceptors (Lipinski definition) is 4. The van der Waals surface area contributed by atoms with E-state index in [0.29, 0.717) is 18.9 Å². The predicted molar refractivity (Wildman–Crippen MR) is 88.6 cm³/mol. The van der Waals surface area contributed by atoms with Crippen LogP contribution in [0.4, 0.5) is 0 Å². The molecular formula is C14H29ClN2O3S. The molecule has 0 saturated carbocycles. The summed E-state index contributed by atoms with van der Waals surface area (Å²) >= 11 is 0. The van der Waals surface area contributed by atoms with Gasteiger partial charge in [-0.25, -0.2) is 8.42 Å². The number of amides is 1. The number of halogens is 1. The summed E-state index contributed by atoms with van der Waals surface area (Å²) in [7, 11) is -3.23. The second kappa shape index (κ2) is 11.3. The number of rotatable bonds is 9. The molecule has 0 spiro atoms. The first kappa shape index (κ1) is 20.7. The molecule has 1 heterocycles. The lowest BCUT2D eigenvalue weighted by Crippen LogP contribution is -2.35. The van der Waals surface area contributed by atoms with Gasteiger partial charge in [0.2, 0.25) is 5.91 Å². The number of piperidine rings is 1. The minimum atomic E-state index is -3.23. The fourth-order valence-electron chi connectivity index (χ4n) is 2.48. The Hall–Kier alpha value is -0.330. The zero-order valence-corrected chi connectivity index (χ0v) is 14.5. The highest BCUT2D eigenvalue weighted by Crippen LogP contribution is 2.12. The third-order valence-electron chi connectivity index (χ3n) is 3.68. The monoisotopic (exact) mass is 340 g/mol. The van der Waals surface area contributed by atoms with E-state index in [0.717, 1.165) is 32.4 Å². The number of unbranched alkanes of at least 4 members (excludes halogenated alkanes) is 2. The van der Waals surface area contributed by atoms with Crippen LogP contribution in [-0.4, -0.2) is 45.5 Å². The van der Waals surface area contributed by atoms with Crippen LogP contribution in [-0.2, 0) is 14.6 Å². The number of carbonyl (C=O) groups is 1. The number of carbonyl (C=O) groups excluding carboxylic acids is 1. The lowest BCUT2D eigenvalue weighted by atomic mass is 9.96. The zero-order valence-electron chi connectivity index (χ0n) is 12.9. The smallest absolute Gasteiger partial charge is 0.235 e. The van der Waals surface area contributed by atoms with Crippen molar-refractivity contribution in [2.75, 3.05) is 31.1 Å². The van der Waals surface area contributed by atoms with Crippen LogP contribution in [0.5, 0.6) is 0 Å². The van der Waals surface area contributed by atoms with E-state index in [-0.39, 0.29) is 29.8 Å². The van der Waals surface area contributed by atoms with Crippen molar-refractivity contribution < 1.29 is 13.2 Å². The molecule has 1 rings (SSSR count). The van der Waals surface area contributed by atoms with Gasteiger partial charge in [0.05, 0.1) is 5.75 Å². The topological polar surface area (TPSA) is 75.3 Å². The summed E-state index contributed by atoms with van der Waals surface area (Å²) in [5.41, 5.74) is 0. The van der Waals surface area contributed by atoms with Crippen molar-refractivity contribution in [3.05, 3.63) is 0 Å².